The first-order valence-electron chi connectivity index (χ1n) is 6.40. The van der Waals surface area contributed by atoms with Crippen LogP contribution in [0, 0.1) is 0 Å². The van der Waals surface area contributed by atoms with Gasteiger partial charge in [0.1, 0.15) is 5.75 Å². The van der Waals surface area contributed by atoms with Gasteiger partial charge >= 0.3 is 0 Å². The van der Waals surface area contributed by atoms with Crippen molar-refractivity contribution in [1.82, 2.24) is 5.32 Å². The van der Waals surface area contributed by atoms with E-state index in [1.54, 1.807) is 6.07 Å². The third-order valence-corrected chi connectivity index (χ3v) is 3.36. The number of rotatable bonds is 3. The molecule has 2 aromatic carbocycles. The number of halogens is 1. The highest BCUT2D eigenvalue weighted by molar-refractivity contribution is 9.10. The van der Waals surface area contributed by atoms with Crippen LogP contribution in [0.4, 0.5) is 0 Å². The Balaban J connectivity index is 2.06. The van der Waals surface area contributed by atoms with Crippen LogP contribution in [0.2, 0.25) is 0 Å². The lowest BCUT2D eigenvalue weighted by atomic mass is 10.1. The number of hydrogen-bond donors (Lipinski definition) is 4. The van der Waals surface area contributed by atoms with Gasteiger partial charge in [0.25, 0.3) is 11.8 Å². The number of nitrogens with one attached hydrogen (secondary N) is 1. The summed E-state index contributed by atoms with van der Waals surface area (Å²) < 4.78 is 0.586. The van der Waals surface area contributed by atoms with Crippen LogP contribution in [0.15, 0.2) is 46.9 Å². The van der Waals surface area contributed by atoms with Crippen LogP contribution in [0.5, 0.6) is 17.2 Å². The van der Waals surface area contributed by atoms with E-state index in [0.29, 0.717) is 10.0 Å². The number of hydrogen-bond acceptors (Lipinski definition) is 5. The lowest BCUT2D eigenvalue weighted by Gasteiger charge is -2.04. The molecule has 0 aliphatic rings. The normalized spacial score (nSPS) is 10.7. The molecular weight excluding hydrogens is 366 g/mol. The number of aromatic hydroxyl groups is 3. The molecule has 0 spiro atoms. The van der Waals surface area contributed by atoms with Gasteiger partial charge in [-0.1, -0.05) is 22.0 Å². The Labute approximate surface area is 139 Å². The second kappa shape index (κ2) is 6.97. The van der Waals surface area contributed by atoms with Crippen molar-refractivity contribution in [3.05, 3.63) is 58.1 Å². The average Bonchev–Trinajstić information content (AvgIpc) is 2.50. The Kier molecular flexibility index (Phi) is 5.02. The molecular formula is C16H12BrNO5. The van der Waals surface area contributed by atoms with Gasteiger partial charge in [0.05, 0.1) is 5.56 Å². The van der Waals surface area contributed by atoms with E-state index in [-0.39, 0.29) is 22.8 Å². The van der Waals surface area contributed by atoms with E-state index >= 15 is 0 Å². The summed E-state index contributed by atoms with van der Waals surface area (Å²) in [7, 11) is 0. The third-order valence-electron chi connectivity index (χ3n) is 2.87. The molecule has 2 rings (SSSR count). The number of carbonyl (C=O) groups excluding carboxylic acids is 2. The minimum atomic E-state index is -0.744. The largest absolute Gasteiger partial charge is 0.507 e. The Bertz CT molecular complexity index is 801. The molecule has 23 heavy (non-hydrogen) atoms. The molecule has 0 bridgehead atoms. The van der Waals surface area contributed by atoms with Gasteiger partial charge in [0, 0.05) is 10.5 Å². The zero-order chi connectivity index (χ0) is 17.0. The highest BCUT2D eigenvalue weighted by atomic mass is 79.9. The molecule has 0 unspecified atom stereocenters. The number of carbonyl (C=O) groups is 2. The standard InChI is InChI=1S/C16H12BrNO5/c17-10-3-5-12(19)11(8-10)16(23)18-15(22)6-2-9-1-4-13(20)14(21)7-9/h1-8,19-21H,(H,18,22,23). The molecule has 0 atom stereocenters. The Morgan fingerprint density at radius 3 is 2.35 bits per heavy atom. The molecule has 2 aromatic rings. The van der Waals surface area contributed by atoms with Crippen molar-refractivity contribution in [2.45, 2.75) is 0 Å². The second-order valence-corrected chi connectivity index (χ2v) is 5.48. The summed E-state index contributed by atoms with van der Waals surface area (Å²) in [5.41, 5.74) is 0.427. The fourth-order valence-corrected chi connectivity index (χ4v) is 2.09. The van der Waals surface area contributed by atoms with Crippen LogP contribution < -0.4 is 5.32 Å². The minimum Gasteiger partial charge on any atom is -0.507 e. The van der Waals surface area contributed by atoms with Crippen molar-refractivity contribution >= 4 is 33.8 Å². The number of amides is 2. The first-order chi connectivity index (χ1) is 10.9. The molecule has 7 heteroatoms. The molecule has 0 saturated heterocycles. The second-order valence-electron chi connectivity index (χ2n) is 4.56. The van der Waals surface area contributed by atoms with Gasteiger partial charge < -0.3 is 15.3 Å². The predicted molar refractivity (Wildman–Crippen MR) is 87.1 cm³/mol. The molecule has 6 nitrogen and oxygen atoms in total. The molecule has 4 N–H and O–H groups in total. The van der Waals surface area contributed by atoms with Crippen molar-refractivity contribution in [3.8, 4) is 17.2 Å². The van der Waals surface area contributed by atoms with Crippen LogP contribution in [-0.2, 0) is 4.79 Å². The number of benzene rings is 2. The summed E-state index contributed by atoms with van der Waals surface area (Å²) in [5.74, 6) is -2.27. The molecule has 0 saturated carbocycles. The zero-order valence-electron chi connectivity index (χ0n) is 11.7. The summed E-state index contributed by atoms with van der Waals surface area (Å²) in [4.78, 5) is 23.6. The van der Waals surface area contributed by atoms with E-state index in [1.165, 1.54) is 36.4 Å². The number of imide groups is 1. The third kappa shape index (κ3) is 4.33. The van der Waals surface area contributed by atoms with Gasteiger partial charge in [-0.15, -0.1) is 0 Å². The topological polar surface area (TPSA) is 107 Å². The fraction of sp³-hybridized carbons (Fsp3) is 0. The highest BCUT2D eigenvalue weighted by Crippen LogP contribution is 2.25. The summed E-state index contributed by atoms with van der Waals surface area (Å²) in [6.07, 6.45) is 2.46. The zero-order valence-corrected chi connectivity index (χ0v) is 13.2. The summed E-state index contributed by atoms with van der Waals surface area (Å²) in [6, 6.07) is 8.31. The molecule has 0 aromatic heterocycles. The van der Waals surface area contributed by atoms with Crippen molar-refractivity contribution in [1.29, 1.82) is 0 Å². The van der Waals surface area contributed by atoms with Crippen LogP contribution in [0.25, 0.3) is 6.08 Å². The van der Waals surface area contributed by atoms with E-state index in [1.807, 2.05) is 0 Å². The van der Waals surface area contributed by atoms with E-state index < -0.39 is 11.8 Å². The van der Waals surface area contributed by atoms with Gasteiger partial charge in [-0.05, 0) is 42.0 Å². The quantitative estimate of drug-likeness (QED) is 0.485. The molecule has 0 fully saturated rings. The summed E-state index contributed by atoms with van der Waals surface area (Å²) in [5, 5.41) is 30.3. The van der Waals surface area contributed by atoms with Crippen LogP contribution >= 0.6 is 15.9 Å². The van der Waals surface area contributed by atoms with E-state index in [0.717, 1.165) is 6.08 Å². The predicted octanol–water partition coefficient (Wildman–Crippen LogP) is 2.54. The lowest BCUT2D eigenvalue weighted by Crippen LogP contribution is -2.28. The van der Waals surface area contributed by atoms with E-state index in [9.17, 15) is 24.9 Å². The lowest BCUT2D eigenvalue weighted by molar-refractivity contribution is -0.115. The Morgan fingerprint density at radius 1 is 0.957 bits per heavy atom. The minimum absolute atomic E-state index is 0.0385. The molecule has 0 radical (unpaired) electrons. The van der Waals surface area contributed by atoms with Crippen molar-refractivity contribution in [2.24, 2.45) is 0 Å². The van der Waals surface area contributed by atoms with Crippen LogP contribution in [-0.4, -0.2) is 27.1 Å². The Hall–Kier alpha value is -2.80. The maximum Gasteiger partial charge on any atom is 0.261 e. The van der Waals surface area contributed by atoms with Gasteiger partial charge in [-0.3, -0.25) is 14.9 Å². The summed E-state index contributed by atoms with van der Waals surface area (Å²) in [6.45, 7) is 0. The van der Waals surface area contributed by atoms with Crippen molar-refractivity contribution in [2.75, 3.05) is 0 Å². The van der Waals surface area contributed by atoms with Gasteiger partial charge in [-0.25, -0.2) is 0 Å². The molecule has 0 heterocycles. The smallest absolute Gasteiger partial charge is 0.261 e. The van der Waals surface area contributed by atoms with Gasteiger partial charge in [-0.2, -0.15) is 0 Å². The molecule has 2 amide bonds. The average molecular weight is 378 g/mol. The van der Waals surface area contributed by atoms with Crippen molar-refractivity contribution in [3.63, 3.8) is 0 Å². The van der Waals surface area contributed by atoms with Crippen LogP contribution in [0.1, 0.15) is 15.9 Å². The highest BCUT2D eigenvalue weighted by Gasteiger charge is 2.13. The number of phenols is 3. The maximum atomic E-state index is 11.9. The SMILES string of the molecule is O=C(C=Cc1ccc(O)c(O)c1)NC(=O)c1cc(Br)ccc1O. The van der Waals surface area contributed by atoms with E-state index in [4.69, 9.17) is 0 Å². The van der Waals surface area contributed by atoms with E-state index in [2.05, 4.69) is 21.2 Å². The fourth-order valence-electron chi connectivity index (χ4n) is 1.73. The van der Waals surface area contributed by atoms with Gasteiger partial charge in [0.2, 0.25) is 0 Å². The molecule has 0 aliphatic heterocycles. The molecule has 118 valence electrons. The van der Waals surface area contributed by atoms with Gasteiger partial charge in [0.15, 0.2) is 11.5 Å². The first kappa shape index (κ1) is 16.6. The Morgan fingerprint density at radius 2 is 1.65 bits per heavy atom. The van der Waals surface area contributed by atoms with Crippen molar-refractivity contribution < 1.29 is 24.9 Å². The van der Waals surface area contributed by atoms with Crippen LogP contribution in [0.3, 0.4) is 0 Å². The monoisotopic (exact) mass is 377 g/mol. The number of phenolic OH excluding ortho intramolecular Hbond substituents is 3. The molecule has 0 aliphatic carbocycles. The first-order valence-corrected chi connectivity index (χ1v) is 7.20. The summed E-state index contributed by atoms with van der Waals surface area (Å²) >= 11 is 3.17. The maximum absolute atomic E-state index is 11.9.